The van der Waals surface area contributed by atoms with Crippen LogP contribution >= 0.6 is 0 Å². The topological polar surface area (TPSA) is 26.3 Å². The van der Waals surface area contributed by atoms with E-state index in [-0.39, 0.29) is 6.08 Å². The minimum atomic E-state index is -8.02. The van der Waals surface area contributed by atoms with Crippen molar-refractivity contribution in [2.24, 2.45) is 0 Å². The van der Waals surface area contributed by atoms with E-state index in [0.29, 0.717) is 6.92 Å². The summed E-state index contributed by atoms with van der Waals surface area (Å²) in [6.45, 7) is 0.529. The van der Waals surface area contributed by atoms with Gasteiger partial charge < -0.3 is 4.74 Å². The molecule has 0 saturated heterocycles. The van der Waals surface area contributed by atoms with E-state index in [1.54, 1.807) is 0 Å². The van der Waals surface area contributed by atoms with Crippen LogP contribution in [0.3, 0.4) is 0 Å². The molecule has 0 spiro atoms. The lowest BCUT2D eigenvalue weighted by Gasteiger charge is -2.39. The highest BCUT2D eigenvalue weighted by atomic mass is 19.4. The molecular weight excluding hydrogens is 423 g/mol. The van der Waals surface area contributed by atoms with Crippen molar-refractivity contribution >= 4 is 5.97 Å². The van der Waals surface area contributed by atoms with Crippen molar-refractivity contribution in [2.45, 2.75) is 49.6 Å². The van der Waals surface area contributed by atoms with Crippen molar-refractivity contribution in [2.75, 3.05) is 6.61 Å². The molecule has 0 rings (SSSR count). The smallest absolute Gasteiger partial charge is 0.460 e. The number of rotatable bonds is 7. The normalized spacial score (nSPS) is 15.7. The van der Waals surface area contributed by atoms with Crippen LogP contribution in [0.1, 0.15) is 13.8 Å². The lowest BCUT2D eigenvalue weighted by molar-refractivity contribution is -0.436. The van der Waals surface area contributed by atoms with E-state index in [0.717, 1.165) is 6.92 Å². The van der Waals surface area contributed by atoms with E-state index >= 15 is 0 Å². The van der Waals surface area contributed by atoms with E-state index in [9.17, 15) is 61.9 Å². The lowest BCUT2D eigenvalue weighted by atomic mass is 9.90. The highest BCUT2D eigenvalue weighted by molar-refractivity contribution is 5.90. The molecule has 15 heteroatoms. The first-order valence-corrected chi connectivity index (χ1v) is 6.48. The molecule has 0 aliphatic heterocycles. The van der Waals surface area contributed by atoms with E-state index < -0.39 is 53.9 Å². The monoisotopic (exact) mass is 432 g/mol. The molecule has 0 amide bonds. The minimum Gasteiger partial charge on any atom is -0.462 e. The van der Waals surface area contributed by atoms with Crippen LogP contribution in [0, 0.1) is 0 Å². The number of ether oxygens (including phenoxy) is 1. The van der Waals surface area contributed by atoms with Gasteiger partial charge >= 0.3 is 41.8 Å². The molecule has 0 aromatic heterocycles. The molecule has 0 fully saturated rings. The Morgan fingerprint density at radius 3 is 1.41 bits per heavy atom. The average Bonchev–Trinajstić information content (AvgIpc) is 2.45. The second kappa shape index (κ2) is 7.04. The number of halogens is 13. The molecule has 0 aromatic carbocycles. The highest BCUT2D eigenvalue weighted by Crippen LogP contribution is 2.61. The van der Waals surface area contributed by atoms with Crippen LogP contribution < -0.4 is 0 Å². The zero-order valence-corrected chi connectivity index (χ0v) is 13.0. The van der Waals surface area contributed by atoms with E-state index in [4.69, 9.17) is 0 Å². The predicted molar refractivity (Wildman–Crippen MR) is 61.2 cm³/mol. The van der Waals surface area contributed by atoms with E-state index in [1.165, 1.54) is 0 Å². The zero-order valence-electron chi connectivity index (χ0n) is 13.0. The quantitative estimate of drug-likeness (QED) is 0.313. The fourth-order valence-electron chi connectivity index (χ4n) is 1.57. The summed E-state index contributed by atoms with van der Waals surface area (Å²) in [4.78, 5) is 11.1. The second-order valence-corrected chi connectivity index (χ2v) is 4.79. The molecule has 0 saturated carbocycles. The van der Waals surface area contributed by atoms with Crippen molar-refractivity contribution in [3.63, 3.8) is 0 Å². The van der Waals surface area contributed by atoms with Crippen LogP contribution in [0.2, 0.25) is 0 Å². The molecule has 0 aliphatic rings. The molecule has 27 heavy (non-hydrogen) atoms. The van der Waals surface area contributed by atoms with Gasteiger partial charge in [0, 0.05) is 0 Å². The van der Waals surface area contributed by atoms with Crippen molar-refractivity contribution in [1.29, 1.82) is 0 Å². The first-order chi connectivity index (χ1) is 11.7. The molecule has 0 N–H and O–H groups in total. The number of esters is 1. The van der Waals surface area contributed by atoms with E-state index in [2.05, 4.69) is 4.74 Å². The van der Waals surface area contributed by atoms with Crippen LogP contribution in [0.15, 0.2) is 11.6 Å². The van der Waals surface area contributed by atoms with Crippen molar-refractivity contribution < 1.29 is 66.6 Å². The van der Waals surface area contributed by atoms with Gasteiger partial charge in [0.25, 0.3) is 0 Å². The maximum Gasteiger partial charge on any atom is 0.460 e. The van der Waals surface area contributed by atoms with Gasteiger partial charge in [-0.15, -0.1) is 0 Å². The number of hydrogen-bond acceptors (Lipinski definition) is 2. The summed E-state index contributed by atoms with van der Waals surface area (Å²) < 4.78 is 172. The highest BCUT2D eigenvalue weighted by Gasteiger charge is 2.91. The first kappa shape index (κ1) is 25.3. The summed E-state index contributed by atoms with van der Waals surface area (Å²) in [7, 11) is 0. The SMILES string of the molecule is CC=C(C(=O)OCC)C(F)(F)C(F)(F)C(F)(F)C(F)(F)C(F)(F)C(F)(F)F. The van der Waals surface area contributed by atoms with Gasteiger partial charge in [0.05, 0.1) is 6.61 Å². The van der Waals surface area contributed by atoms with Crippen LogP contribution in [0.4, 0.5) is 57.1 Å². The van der Waals surface area contributed by atoms with Gasteiger partial charge in [-0.1, -0.05) is 6.08 Å². The van der Waals surface area contributed by atoms with Gasteiger partial charge in [-0.05, 0) is 13.8 Å². The Labute approximate surface area is 141 Å². The van der Waals surface area contributed by atoms with Gasteiger partial charge in [0.15, 0.2) is 0 Å². The summed E-state index contributed by atoms with van der Waals surface area (Å²) in [5.41, 5.74) is -2.65. The number of alkyl halides is 13. The summed E-state index contributed by atoms with van der Waals surface area (Å²) in [6, 6.07) is 0. The third kappa shape index (κ3) is 3.56. The van der Waals surface area contributed by atoms with Gasteiger partial charge in [-0.3, -0.25) is 0 Å². The number of hydrogen-bond donors (Lipinski definition) is 0. The Kier molecular flexibility index (Phi) is 6.59. The van der Waals surface area contributed by atoms with Crippen molar-refractivity contribution in [1.82, 2.24) is 0 Å². The maximum atomic E-state index is 13.7. The van der Waals surface area contributed by atoms with Crippen LogP contribution in [0.25, 0.3) is 0 Å². The first-order valence-electron chi connectivity index (χ1n) is 6.48. The molecular formula is C12H9F13O2. The average molecular weight is 432 g/mol. The molecule has 0 bridgehead atoms. The predicted octanol–water partition coefficient (Wildman–Crippen LogP) is 5.23. The number of carbonyl (C=O) groups excluding carboxylic acids is 1. The molecule has 0 unspecified atom stereocenters. The third-order valence-electron chi connectivity index (χ3n) is 3.06. The Balaban J connectivity index is 6.50. The summed E-state index contributed by atoms with van der Waals surface area (Å²) >= 11 is 0. The van der Waals surface area contributed by atoms with Crippen molar-refractivity contribution in [3.8, 4) is 0 Å². The summed E-state index contributed by atoms with van der Waals surface area (Å²) in [6.07, 6.45) is -7.77. The van der Waals surface area contributed by atoms with Gasteiger partial charge in [-0.25, -0.2) is 4.79 Å². The molecule has 160 valence electrons. The minimum absolute atomic E-state index is 0.276. The number of allylic oxidation sites excluding steroid dienone is 1. The molecule has 0 atom stereocenters. The Hall–Kier alpha value is -1.70. The van der Waals surface area contributed by atoms with Crippen LogP contribution in [0.5, 0.6) is 0 Å². The van der Waals surface area contributed by atoms with Crippen molar-refractivity contribution in [3.05, 3.63) is 11.6 Å². The van der Waals surface area contributed by atoms with Gasteiger partial charge in [0.1, 0.15) is 5.57 Å². The Bertz CT molecular complexity index is 589. The molecule has 0 radical (unpaired) electrons. The largest absolute Gasteiger partial charge is 0.462 e. The molecule has 0 heterocycles. The lowest BCUT2D eigenvalue weighted by Crippen LogP contribution is -2.70. The van der Waals surface area contributed by atoms with Crippen LogP contribution in [-0.2, 0) is 9.53 Å². The molecule has 2 nitrogen and oxygen atoms in total. The third-order valence-corrected chi connectivity index (χ3v) is 3.06. The molecule has 0 aromatic rings. The summed E-state index contributed by atoms with van der Waals surface area (Å²) in [5.74, 6) is -40.4. The van der Waals surface area contributed by atoms with Gasteiger partial charge in [-0.2, -0.15) is 57.1 Å². The number of carbonyl (C=O) groups is 1. The Morgan fingerprint density at radius 1 is 0.741 bits per heavy atom. The fraction of sp³-hybridized carbons (Fsp3) is 0.750. The second-order valence-electron chi connectivity index (χ2n) is 4.79. The van der Waals surface area contributed by atoms with Crippen LogP contribution in [-0.4, -0.2) is 48.4 Å². The summed E-state index contributed by atoms with van der Waals surface area (Å²) in [5, 5.41) is 0. The molecule has 0 aliphatic carbocycles. The fourth-order valence-corrected chi connectivity index (χ4v) is 1.57. The zero-order chi connectivity index (χ0) is 22.3. The maximum absolute atomic E-state index is 13.7. The van der Waals surface area contributed by atoms with Gasteiger partial charge in [0.2, 0.25) is 0 Å². The standard InChI is InChI=1S/C12H9F13O2/c1-3-5(6(26)27-4-2)7(13,14)8(15,16)9(17,18)10(19,20)11(21,22)12(23,24)25/h3H,4H2,1-2H3. The Morgan fingerprint density at radius 2 is 1.11 bits per heavy atom. The van der Waals surface area contributed by atoms with E-state index in [1.807, 2.05) is 0 Å².